The summed E-state index contributed by atoms with van der Waals surface area (Å²) in [6, 6.07) is 6.38. The van der Waals surface area contributed by atoms with Crippen LogP contribution in [-0.4, -0.2) is 29.1 Å². The molecule has 2 N–H and O–H groups in total. The van der Waals surface area contributed by atoms with E-state index in [1.54, 1.807) is 12.1 Å². The number of carbonyl (C=O) groups is 1. The summed E-state index contributed by atoms with van der Waals surface area (Å²) in [4.78, 5) is 20.6. The van der Waals surface area contributed by atoms with Crippen LogP contribution in [0.5, 0.6) is 0 Å². The van der Waals surface area contributed by atoms with Gasteiger partial charge >= 0.3 is 0 Å². The zero-order valence-electron chi connectivity index (χ0n) is 17.6. The number of nitrogens with one attached hydrogen (secondary N) is 2. The van der Waals surface area contributed by atoms with Crippen LogP contribution >= 0.6 is 23.2 Å². The Balaban J connectivity index is 1.80. The van der Waals surface area contributed by atoms with Crippen LogP contribution < -0.4 is 10.6 Å². The number of halogens is 3. The molecule has 0 radical (unpaired) electrons. The number of anilines is 3. The number of aromatic nitrogens is 2. The highest BCUT2D eigenvalue weighted by Gasteiger charge is 2.27. The first-order valence-corrected chi connectivity index (χ1v) is 10.8. The second-order valence-corrected chi connectivity index (χ2v) is 8.58. The minimum Gasteiger partial charge on any atom is -0.380 e. The normalized spacial score (nSPS) is 17.3. The maximum absolute atomic E-state index is 14.6. The number of hydrogen-bond acceptors (Lipinski definition) is 5. The lowest BCUT2D eigenvalue weighted by Gasteiger charge is -2.14. The van der Waals surface area contributed by atoms with Gasteiger partial charge in [0.1, 0.15) is 12.1 Å². The van der Waals surface area contributed by atoms with Gasteiger partial charge in [0, 0.05) is 12.0 Å². The summed E-state index contributed by atoms with van der Waals surface area (Å²) in [6.07, 6.45) is 3.35. The number of nitrogens with zero attached hydrogens (tertiary/aromatic N) is 2. The molecule has 1 saturated heterocycles. The fourth-order valence-corrected chi connectivity index (χ4v) is 3.64. The largest absolute Gasteiger partial charge is 0.380 e. The summed E-state index contributed by atoms with van der Waals surface area (Å²) in [5, 5.41) is 6.15. The Morgan fingerprint density at radius 1 is 1.30 bits per heavy atom. The van der Waals surface area contributed by atoms with Crippen LogP contribution in [0.3, 0.4) is 0 Å². The fourth-order valence-electron chi connectivity index (χ4n) is 3.33. The van der Waals surface area contributed by atoms with E-state index < -0.39 is 11.7 Å². The van der Waals surface area contributed by atoms with E-state index >= 15 is 0 Å². The van der Waals surface area contributed by atoms with Gasteiger partial charge in [0.25, 0.3) is 0 Å². The smallest absolute Gasteiger partial charge is 0.247 e. The number of rotatable bonds is 4. The summed E-state index contributed by atoms with van der Waals surface area (Å²) in [5.41, 5.74) is 1.42. The van der Waals surface area contributed by atoms with Gasteiger partial charge in [0.05, 0.1) is 44.5 Å². The van der Waals surface area contributed by atoms with Crippen molar-refractivity contribution in [2.75, 3.05) is 23.8 Å². The lowest BCUT2D eigenvalue weighted by atomic mass is 9.90. The molecule has 0 saturated carbocycles. The molecule has 168 valence electrons. The molecular weight excluding hydrogens is 466 g/mol. The van der Waals surface area contributed by atoms with E-state index in [2.05, 4.69) is 39.0 Å². The van der Waals surface area contributed by atoms with Gasteiger partial charge in [0.15, 0.2) is 5.82 Å². The number of hydrogen-bond donors (Lipinski definition) is 2. The number of carbonyl (C=O) groups excluding carboxylic acids is 1. The quantitative estimate of drug-likeness (QED) is 0.281. The predicted molar refractivity (Wildman–Crippen MR) is 128 cm³/mol. The van der Waals surface area contributed by atoms with Crippen LogP contribution in [0.1, 0.15) is 18.9 Å². The summed E-state index contributed by atoms with van der Waals surface area (Å²) in [5.74, 6) is 5.64. The van der Waals surface area contributed by atoms with Crippen LogP contribution in [0.25, 0.3) is 10.9 Å². The molecular formula is C24H19Cl2FN4O2. The van der Waals surface area contributed by atoms with Crippen molar-refractivity contribution < 1.29 is 13.9 Å². The van der Waals surface area contributed by atoms with Crippen LogP contribution in [0.4, 0.5) is 21.6 Å². The van der Waals surface area contributed by atoms with Gasteiger partial charge in [-0.05, 0) is 43.7 Å². The van der Waals surface area contributed by atoms with E-state index in [4.69, 9.17) is 27.9 Å². The van der Waals surface area contributed by atoms with Crippen molar-refractivity contribution in [2.24, 2.45) is 5.41 Å². The number of amides is 1. The lowest BCUT2D eigenvalue weighted by molar-refractivity contribution is -0.111. The molecule has 0 aliphatic carbocycles. The second-order valence-electron chi connectivity index (χ2n) is 7.79. The second kappa shape index (κ2) is 9.36. The Morgan fingerprint density at radius 3 is 2.85 bits per heavy atom. The molecule has 1 aromatic heterocycles. The van der Waals surface area contributed by atoms with Crippen molar-refractivity contribution in [1.29, 1.82) is 0 Å². The van der Waals surface area contributed by atoms with Crippen molar-refractivity contribution >= 4 is 57.2 Å². The Labute approximate surface area is 200 Å². The van der Waals surface area contributed by atoms with Gasteiger partial charge in [-0.2, -0.15) is 0 Å². The molecule has 0 spiro atoms. The topological polar surface area (TPSA) is 76.1 Å². The minimum atomic E-state index is -0.703. The predicted octanol–water partition coefficient (Wildman–Crippen LogP) is 5.72. The fraction of sp³-hybridized carbons (Fsp3) is 0.208. The van der Waals surface area contributed by atoms with E-state index in [9.17, 15) is 9.18 Å². The first-order chi connectivity index (χ1) is 15.8. The zero-order valence-corrected chi connectivity index (χ0v) is 19.1. The third kappa shape index (κ3) is 4.93. The molecule has 3 aromatic rings. The van der Waals surface area contributed by atoms with E-state index in [0.29, 0.717) is 41.2 Å². The highest BCUT2D eigenvalue weighted by Crippen LogP contribution is 2.34. The number of fused-ring (bicyclic) bond motifs is 1. The van der Waals surface area contributed by atoms with Crippen molar-refractivity contribution in [3.63, 3.8) is 0 Å². The molecule has 1 fully saturated rings. The SMILES string of the molecule is C=CC(=O)Nc1cc2c(Nc3ccc(Cl)c(Cl)c3F)ncnc2cc1C#CC1(C)CCOC1. The van der Waals surface area contributed by atoms with Gasteiger partial charge in [0.2, 0.25) is 5.91 Å². The molecule has 6 nitrogen and oxygen atoms in total. The molecule has 4 rings (SSSR count). The Bertz CT molecular complexity index is 1330. The van der Waals surface area contributed by atoms with Crippen LogP contribution in [0.15, 0.2) is 43.2 Å². The molecule has 33 heavy (non-hydrogen) atoms. The average Bonchev–Trinajstić information content (AvgIpc) is 3.25. The van der Waals surface area contributed by atoms with Crippen LogP contribution in [0, 0.1) is 23.1 Å². The van der Waals surface area contributed by atoms with Crippen molar-refractivity contribution in [2.45, 2.75) is 13.3 Å². The molecule has 1 aliphatic heterocycles. The minimum absolute atomic E-state index is 0.0964. The molecule has 2 heterocycles. The van der Waals surface area contributed by atoms with Crippen molar-refractivity contribution in [3.8, 4) is 11.8 Å². The summed E-state index contributed by atoms with van der Waals surface area (Å²) in [7, 11) is 0. The summed E-state index contributed by atoms with van der Waals surface area (Å²) < 4.78 is 20.0. The van der Waals surface area contributed by atoms with Gasteiger partial charge in [-0.3, -0.25) is 4.79 Å². The molecule has 1 atom stereocenters. The third-order valence-corrected chi connectivity index (χ3v) is 6.01. The maximum Gasteiger partial charge on any atom is 0.247 e. The summed E-state index contributed by atoms with van der Waals surface area (Å²) >= 11 is 11.8. The van der Waals surface area contributed by atoms with Crippen molar-refractivity contribution in [3.05, 3.63) is 64.7 Å². The lowest BCUT2D eigenvalue weighted by Crippen LogP contribution is -2.13. The zero-order chi connectivity index (χ0) is 23.6. The molecule has 1 unspecified atom stereocenters. The van der Waals surface area contributed by atoms with E-state index in [1.807, 2.05) is 6.92 Å². The first kappa shape index (κ1) is 23.0. The van der Waals surface area contributed by atoms with Crippen molar-refractivity contribution in [1.82, 2.24) is 9.97 Å². The molecule has 9 heteroatoms. The number of ether oxygens (including phenoxy) is 1. The van der Waals surface area contributed by atoms with Gasteiger partial charge in [-0.1, -0.05) is 41.6 Å². The highest BCUT2D eigenvalue weighted by molar-refractivity contribution is 6.42. The van der Waals surface area contributed by atoms with Crippen LogP contribution in [0.2, 0.25) is 10.0 Å². The van der Waals surface area contributed by atoms with Gasteiger partial charge < -0.3 is 15.4 Å². The Hall–Kier alpha value is -3.18. The molecule has 0 bridgehead atoms. The van der Waals surface area contributed by atoms with Crippen LogP contribution in [-0.2, 0) is 9.53 Å². The van der Waals surface area contributed by atoms with E-state index in [-0.39, 0.29) is 21.1 Å². The van der Waals surface area contributed by atoms with E-state index in [1.165, 1.54) is 24.5 Å². The monoisotopic (exact) mass is 484 g/mol. The first-order valence-electron chi connectivity index (χ1n) is 10.0. The average molecular weight is 485 g/mol. The molecule has 2 aromatic carbocycles. The maximum atomic E-state index is 14.6. The van der Waals surface area contributed by atoms with E-state index in [0.717, 1.165) is 6.42 Å². The third-order valence-electron chi connectivity index (χ3n) is 5.22. The Morgan fingerprint density at radius 2 is 2.12 bits per heavy atom. The molecule has 1 amide bonds. The Kier molecular flexibility index (Phi) is 6.52. The van der Waals surface area contributed by atoms with Gasteiger partial charge in [-0.25, -0.2) is 14.4 Å². The molecule has 1 aliphatic rings. The summed E-state index contributed by atoms with van der Waals surface area (Å²) in [6.45, 7) is 6.75. The van der Waals surface area contributed by atoms with Gasteiger partial charge in [-0.15, -0.1) is 0 Å². The standard InChI is InChI=1S/C24H19Cl2FN4O2/c1-3-20(32)30-18-11-15-19(10-14(18)6-7-24(2)8-9-33-12-24)28-13-29-23(15)31-17-5-4-16(25)21(26)22(17)27/h3-5,10-11,13H,1,8-9,12H2,2H3,(H,30,32)(H,28,29,31). The number of benzene rings is 2. The highest BCUT2D eigenvalue weighted by atomic mass is 35.5.